The van der Waals surface area contributed by atoms with Gasteiger partial charge < -0.3 is 10.0 Å². The van der Waals surface area contributed by atoms with Crippen LogP contribution in [0.5, 0.6) is 0 Å². The lowest BCUT2D eigenvalue weighted by molar-refractivity contribution is -0.131. The molecule has 4 nitrogen and oxygen atoms in total. The molecule has 1 N–H and O–H groups in total. The molecule has 1 saturated heterocycles. The summed E-state index contributed by atoms with van der Waals surface area (Å²) in [7, 11) is 0. The van der Waals surface area contributed by atoms with E-state index in [4.69, 9.17) is 0 Å². The van der Waals surface area contributed by atoms with Gasteiger partial charge in [-0.25, -0.2) is 0 Å². The van der Waals surface area contributed by atoms with Gasteiger partial charge in [-0.1, -0.05) is 13.8 Å². The minimum atomic E-state index is -0.310. The first-order valence-corrected chi connectivity index (χ1v) is 5.35. The predicted molar refractivity (Wildman–Crippen MR) is 55.0 cm³/mol. The van der Waals surface area contributed by atoms with Gasteiger partial charge in [-0.15, -0.1) is 0 Å². The summed E-state index contributed by atoms with van der Waals surface area (Å²) in [5.74, 6) is 0.144. The molecule has 1 rings (SSSR count). The first kappa shape index (κ1) is 11.5. The van der Waals surface area contributed by atoms with Gasteiger partial charge in [0.1, 0.15) is 0 Å². The molecule has 0 saturated carbocycles. The summed E-state index contributed by atoms with van der Waals surface area (Å²) in [4.78, 5) is 15.5. The molecule has 0 aromatic carbocycles. The molecule has 0 aliphatic carbocycles. The molecule has 1 heterocycles. The average molecular weight is 200 g/mol. The van der Waals surface area contributed by atoms with Gasteiger partial charge in [0.25, 0.3) is 0 Å². The summed E-state index contributed by atoms with van der Waals surface area (Å²) in [6.07, 6.45) is 0.417. The average Bonchev–Trinajstić information content (AvgIpc) is 2.61. The van der Waals surface area contributed by atoms with Crippen molar-refractivity contribution in [3.05, 3.63) is 0 Å². The highest BCUT2D eigenvalue weighted by Crippen LogP contribution is 2.09. The molecule has 0 spiro atoms. The van der Waals surface area contributed by atoms with Crippen molar-refractivity contribution in [1.82, 2.24) is 9.80 Å². The first-order valence-electron chi connectivity index (χ1n) is 5.35. The van der Waals surface area contributed by atoms with Gasteiger partial charge in [-0.3, -0.25) is 9.69 Å². The van der Waals surface area contributed by atoms with E-state index in [1.165, 1.54) is 0 Å². The fourth-order valence-corrected chi connectivity index (χ4v) is 1.71. The van der Waals surface area contributed by atoms with Crippen LogP contribution < -0.4 is 0 Å². The third kappa shape index (κ3) is 2.96. The number of likely N-dealkylation sites (tertiary alicyclic amines) is 1. The molecule has 0 aromatic rings. The Morgan fingerprint density at radius 1 is 1.50 bits per heavy atom. The second-order valence-corrected chi connectivity index (χ2v) is 3.74. The third-order valence-corrected chi connectivity index (χ3v) is 2.77. The maximum atomic E-state index is 11.7. The quantitative estimate of drug-likeness (QED) is 0.690. The number of rotatable bonds is 4. The number of hydrogen-bond acceptors (Lipinski definition) is 3. The van der Waals surface area contributed by atoms with Gasteiger partial charge in [0.2, 0.25) is 5.91 Å². The van der Waals surface area contributed by atoms with E-state index in [0.717, 1.165) is 19.5 Å². The summed E-state index contributed by atoms with van der Waals surface area (Å²) >= 11 is 0. The molecule has 1 amide bonds. The zero-order valence-electron chi connectivity index (χ0n) is 9.07. The highest BCUT2D eigenvalue weighted by atomic mass is 16.3. The van der Waals surface area contributed by atoms with E-state index in [0.29, 0.717) is 19.6 Å². The predicted octanol–water partition coefficient (Wildman–Crippen LogP) is -0.0786. The number of amides is 1. The number of carbonyl (C=O) groups excluding carboxylic acids is 1. The first-order chi connectivity index (χ1) is 6.67. The van der Waals surface area contributed by atoms with Crippen molar-refractivity contribution in [2.24, 2.45) is 0 Å². The second kappa shape index (κ2) is 5.32. The van der Waals surface area contributed by atoms with E-state index < -0.39 is 0 Å². The Bertz CT molecular complexity index is 193. The summed E-state index contributed by atoms with van der Waals surface area (Å²) in [5, 5.41) is 9.29. The van der Waals surface area contributed by atoms with Gasteiger partial charge in [-0.2, -0.15) is 0 Å². The summed E-state index contributed by atoms with van der Waals surface area (Å²) in [5.41, 5.74) is 0. The molecule has 82 valence electrons. The summed E-state index contributed by atoms with van der Waals surface area (Å²) < 4.78 is 0. The van der Waals surface area contributed by atoms with Gasteiger partial charge in [0.15, 0.2) is 0 Å². The number of nitrogens with zero attached hydrogens (tertiary/aromatic N) is 2. The van der Waals surface area contributed by atoms with Crippen LogP contribution >= 0.6 is 0 Å². The second-order valence-electron chi connectivity index (χ2n) is 3.74. The maximum Gasteiger partial charge on any atom is 0.236 e. The number of aliphatic hydroxyl groups is 1. The lowest BCUT2D eigenvalue weighted by Gasteiger charge is -2.22. The van der Waals surface area contributed by atoms with Crippen LogP contribution in [0.3, 0.4) is 0 Å². The van der Waals surface area contributed by atoms with Crippen LogP contribution in [0.2, 0.25) is 0 Å². The molecule has 1 atom stereocenters. The topological polar surface area (TPSA) is 43.8 Å². The molecule has 1 fully saturated rings. The van der Waals surface area contributed by atoms with Crippen molar-refractivity contribution in [3.8, 4) is 0 Å². The van der Waals surface area contributed by atoms with Crippen LogP contribution in [0.15, 0.2) is 0 Å². The summed E-state index contributed by atoms with van der Waals surface area (Å²) in [6.45, 7) is 7.61. The van der Waals surface area contributed by atoms with Gasteiger partial charge in [-0.05, 0) is 19.5 Å². The Balaban J connectivity index is 2.34. The maximum absolute atomic E-state index is 11.7. The normalized spacial score (nSPS) is 22.0. The largest absolute Gasteiger partial charge is 0.391 e. The van der Waals surface area contributed by atoms with E-state index in [-0.39, 0.29) is 12.0 Å². The van der Waals surface area contributed by atoms with E-state index in [9.17, 15) is 9.90 Å². The Hall–Kier alpha value is -0.610. The van der Waals surface area contributed by atoms with Crippen molar-refractivity contribution < 1.29 is 9.90 Å². The fraction of sp³-hybridized carbons (Fsp3) is 0.900. The van der Waals surface area contributed by atoms with Crippen LogP contribution in [0, 0.1) is 0 Å². The minimum absolute atomic E-state index is 0.144. The lowest BCUT2D eigenvalue weighted by atomic mass is 10.3. The highest BCUT2D eigenvalue weighted by molar-refractivity contribution is 5.78. The fourth-order valence-electron chi connectivity index (χ4n) is 1.71. The zero-order valence-corrected chi connectivity index (χ0v) is 9.07. The number of β-amino-alcohol motifs (C(OH)–C–C–N with tert-alkyl or cyclic N) is 1. The molecular formula is C10H20N2O2. The van der Waals surface area contributed by atoms with E-state index in [1.807, 2.05) is 0 Å². The molecule has 0 unspecified atom stereocenters. The third-order valence-electron chi connectivity index (χ3n) is 2.77. The Morgan fingerprint density at radius 3 is 2.57 bits per heavy atom. The Labute approximate surface area is 85.5 Å². The molecule has 1 aliphatic rings. The number of hydrogen-bond donors (Lipinski definition) is 1. The van der Waals surface area contributed by atoms with Gasteiger partial charge in [0, 0.05) is 13.1 Å². The molecule has 1 aliphatic heterocycles. The van der Waals surface area contributed by atoms with Crippen LogP contribution in [-0.2, 0) is 4.79 Å². The van der Waals surface area contributed by atoms with Crippen molar-refractivity contribution >= 4 is 5.91 Å². The van der Waals surface area contributed by atoms with E-state index in [2.05, 4.69) is 18.7 Å². The smallest absolute Gasteiger partial charge is 0.236 e. The van der Waals surface area contributed by atoms with Crippen molar-refractivity contribution in [2.75, 3.05) is 32.7 Å². The van der Waals surface area contributed by atoms with Crippen molar-refractivity contribution in [3.63, 3.8) is 0 Å². The van der Waals surface area contributed by atoms with E-state index in [1.54, 1.807) is 4.90 Å². The molecular weight excluding hydrogens is 180 g/mol. The number of carbonyl (C=O) groups is 1. The van der Waals surface area contributed by atoms with Crippen molar-refractivity contribution in [1.29, 1.82) is 0 Å². The SMILES string of the molecule is CCN(CC)CC(=O)N1CC[C@@H](O)C1. The van der Waals surface area contributed by atoms with Gasteiger partial charge in [0.05, 0.1) is 12.6 Å². The van der Waals surface area contributed by atoms with E-state index >= 15 is 0 Å². The lowest BCUT2D eigenvalue weighted by Crippen LogP contribution is -2.39. The number of likely N-dealkylation sites (N-methyl/N-ethyl adjacent to an activating group) is 1. The molecule has 0 bridgehead atoms. The molecule has 0 aromatic heterocycles. The standard InChI is InChI=1S/C10H20N2O2/c1-3-11(4-2)8-10(14)12-6-5-9(13)7-12/h9,13H,3-8H2,1-2H3/t9-/m1/s1. The molecule has 0 radical (unpaired) electrons. The highest BCUT2D eigenvalue weighted by Gasteiger charge is 2.24. The zero-order chi connectivity index (χ0) is 10.6. The summed E-state index contributed by atoms with van der Waals surface area (Å²) in [6, 6.07) is 0. The minimum Gasteiger partial charge on any atom is -0.391 e. The molecule has 14 heavy (non-hydrogen) atoms. The van der Waals surface area contributed by atoms with Gasteiger partial charge >= 0.3 is 0 Å². The van der Waals surface area contributed by atoms with Crippen LogP contribution in [-0.4, -0.2) is 59.6 Å². The van der Waals surface area contributed by atoms with Crippen LogP contribution in [0.1, 0.15) is 20.3 Å². The van der Waals surface area contributed by atoms with Crippen molar-refractivity contribution in [2.45, 2.75) is 26.4 Å². The monoisotopic (exact) mass is 200 g/mol. The Kier molecular flexibility index (Phi) is 4.35. The van der Waals surface area contributed by atoms with Crippen LogP contribution in [0.4, 0.5) is 0 Å². The molecule has 4 heteroatoms. The number of aliphatic hydroxyl groups excluding tert-OH is 1. The Morgan fingerprint density at radius 2 is 2.14 bits per heavy atom. The van der Waals surface area contributed by atoms with Crippen LogP contribution in [0.25, 0.3) is 0 Å².